The Labute approximate surface area is 126 Å². The van der Waals surface area contributed by atoms with E-state index in [1.807, 2.05) is 10.6 Å². The summed E-state index contributed by atoms with van der Waals surface area (Å²) in [4.78, 5) is 2.99. The highest BCUT2D eigenvalue weighted by molar-refractivity contribution is 7.71. The van der Waals surface area contributed by atoms with Gasteiger partial charge < -0.3 is 9.55 Å². The van der Waals surface area contributed by atoms with E-state index in [1.54, 1.807) is 25.1 Å². The van der Waals surface area contributed by atoms with Gasteiger partial charge in [0, 0.05) is 6.54 Å². The van der Waals surface area contributed by atoms with Crippen LogP contribution < -0.4 is 0 Å². The third-order valence-electron chi connectivity index (χ3n) is 3.62. The third-order valence-corrected chi connectivity index (χ3v) is 3.94. The molecule has 0 aliphatic carbocycles. The quantitative estimate of drug-likeness (QED) is 0.705. The van der Waals surface area contributed by atoms with Crippen LogP contribution in [0.15, 0.2) is 36.4 Å². The van der Waals surface area contributed by atoms with Gasteiger partial charge in [-0.25, -0.2) is 8.78 Å². The number of hydrogen-bond acceptors (Lipinski definition) is 1. The summed E-state index contributed by atoms with van der Waals surface area (Å²) in [5.41, 5.74) is 2.72. The maximum Gasteiger partial charge on any atom is 0.178 e. The number of rotatable bonds is 3. The number of nitrogens with one attached hydrogen (secondary N) is 1. The average molecular weight is 304 g/mol. The lowest BCUT2D eigenvalue weighted by Gasteiger charge is -2.06. The molecule has 0 bridgehead atoms. The first-order valence-corrected chi connectivity index (χ1v) is 7.09. The van der Waals surface area contributed by atoms with Crippen molar-refractivity contribution in [1.29, 1.82) is 0 Å². The van der Waals surface area contributed by atoms with E-state index in [0.29, 0.717) is 34.4 Å². The molecule has 0 amide bonds. The number of halogens is 2. The molecule has 3 aromatic rings. The summed E-state index contributed by atoms with van der Waals surface area (Å²) >= 11 is 5.28. The summed E-state index contributed by atoms with van der Waals surface area (Å²) in [6.07, 6.45) is 0.532. The number of benzene rings is 2. The molecular formula is C16H14F2N2S. The molecule has 0 atom stereocenters. The molecule has 1 heterocycles. The summed E-state index contributed by atoms with van der Waals surface area (Å²) in [7, 11) is 0. The van der Waals surface area contributed by atoms with Gasteiger partial charge in [0.05, 0.1) is 11.0 Å². The summed E-state index contributed by atoms with van der Waals surface area (Å²) < 4.78 is 29.6. The minimum absolute atomic E-state index is 0.217. The molecular weight excluding hydrogens is 290 g/mol. The highest BCUT2D eigenvalue weighted by atomic mass is 32.1. The van der Waals surface area contributed by atoms with Crippen molar-refractivity contribution in [3.05, 3.63) is 63.9 Å². The zero-order valence-electron chi connectivity index (χ0n) is 11.5. The van der Waals surface area contributed by atoms with Gasteiger partial charge in [-0.1, -0.05) is 18.2 Å². The zero-order valence-corrected chi connectivity index (χ0v) is 12.3. The molecule has 0 fully saturated rings. The second-order valence-electron chi connectivity index (χ2n) is 5.04. The van der Waals surface area contributed by atoms with Crippen molar-refractivity contribution in [2.45, 2.75) is 19.9 Å². The number of aromatic amines is 1. The van der Waals surface area contributed by atoms with Gasteiger partial charge >= 0.3 is 0 Å². The number of hydrogen-bond donors (Lipinski definition) is 1. The monoisotopic (exact) mass is 304 g/mol. The lowest BCUT2D eigenvalue weighted by Crippen LogP contribution is -2.03. The molecule has 3 rings (SSSR count). The summed E-state index contributed by atoms with van der Waals surface area (Å²) in [6.45, 7) is 2.26. The molecule has 0 aliphatic heterocycles. The van der Waals surface area contributed by atoms with Gasteiger partial charge in [-0.05, 0) is 54.9 Å². The lowest BCUT2D eigenvalue weighted by molar-refractivity contribution is 0.595. The van der Waals surface area contributed by atoms with E-state index in [1.165, 1.54) is 12.1 Å². The van der Waals surface area contributed by atoms with E-state index in [0.717, 1.165) is 5.52 Å². The van der Waals surface area contributed by atoms with Crippen LogP contribution in [0, 0.1) is 23.3 Å². The maximum atomic E-state index is 13.7. The van der Waals surface area contributed by atoms with Crippen LogP contribution in [-0.2, 0) is 13.0 Å². The zero-order chi connectivity index (χ0) is 15.0. The molecule has 0 aliphatic rings. The number of fused-ring (bicyclic) bond motifs is 1. The predicted molar refractivity (Wildman–Crippen MR) is 81.9 cm³/mol. The van der Waals surface area contributed by atoms with Crippen molar-refractivity contribution < 1.29 is 8.78 Å². The van der Waals surface area contributed by atoms with E-state index in [2.05, 4.69) is 4.98 Å². The number of aryl methyl sites for hydroxylation is 3. The standard InChI is InChI=1S/C16H14F2N2S/c1-10-8-15-14(9-13(10)18)19-16(21)20(15)7-6-11-4-2-3-5-12(11)17/h2-5,8-9H,6-7H2,1H3,(H,19,21). The van der Waals surface area contributed by atoms with Gasteiger partial charge in [-0.15, -0.1) is 0 Å². The molecule has 1 aromatic heterocycles. The molecule has 108 valence electrons. The first kappa shape index (κ1) is 13.9. The Hall–Kier alpha value is -2.01. The van der Waals surface area contributed by atoms with E-state index in [-0.39, 0.29) is 11.6 Å². The highest BCUT2D eigenvalue weighted by Crippen LogP contribution is 2.19. The highest BCUT2D eigenvalue weighted by Gasteiger charge is 2.09. The minimum Gasteiger partial charge on any atom is -0.330 e. The minimum atomic E-state index is -0.264. The normalized spacial score (nSPS) is 11.2. The smallest absolute Gasteiger partial charge is 0.178 e. The maximum absolute atomic E-state index is 13.7. The van der Waals surface area contributed by atoms with Gasteiger partial charge in [0.1, 0.15) is 11.6 Å². The van der Waals surface area contributed by atoms with Gasteiger partial charge in [0.2, 0.25) is 0 Å². The van der Waals surface area contributed by atoms with E-state index in [9.17, 15) is 8.78 Å². The Morgan fingerprint density at radius 3 is 2.67 bits per heavy atom. The summed E-state index contributed by atoms with van der Waals surface area (Å²) in [5.74, 6) is -0.480. The number of aromatic nitrogens is 2. The Kier molecular flexibility index (Phi) is 3.59. The predicted octanol–water partition coefficient (Wildman–Crippen LogP) is 4.53. The van der Waals surface area contributed by atoms with Gasteiger partial charge in [-0.2, -0.15) is 0 Å². The van der Waals surface area contributed by atoms with E-state index in [4.69, 9.17) is 12.2 Å². The van der Waals surface area contributed by atoms with E-state index < -0.39 is 0 Å². The second-order valence-corrected chi connectivity index (χ2v) is 5.43. The molecule has 2 aromatic carbocycles. The Balaban J connectivity index is 1.97. The van der Waals surface area contributed by atoms with Crippen LogP contribution in [0.5, 0.6) is 0 Å². The first-order valence-electron chi connectivity index (χ1n) is 6.68. The van der Waals surface area contributed by atoms with Crippen LogP contribution >= 0.6 is 12.2 Å². The molecule has 2 nitrogen and oxygen atoms in total. The molecule has 0 radical (unpaired) electrons. The van der Waals surface area contributed by atoms with Crippen molar-refractivity contribution in [1.82, 2.24) is 9.55 Å². The van der Waals surface area contributed by atoms with Crippen molar-refractivity contribution in [2.75, 3.05) is 0 Å². The Morgan fingerprint density at radius 1 is 1.14 bits per heavy atom. The van der Waals surface area contributed by atoms with Crippen molar-refractivity contribution in [2.24, 2.45) is 0 Å². The average Bonchev–Trinajstić information content (AvgIpc) is 2.74. The lowest BCUT2D eigenvalue weighted by atomic mass is 10.1. The van der Waals surface area contributed by atoms with Gasteiger partial charge in [0.15, 0.2) is 4.77 Å². The largest absolute Gasteiger partial charge is 0.330 e. The van der Waals surface area contributed by atoms with Crippen molar-refractivity contribution in [3.8, 4) is 0 Å². The van der Waals surface area contributed by atoms with Crippen LogP contribution in [-0.4, -0.2) is 9.55 Å². The number of imidazole rings is 1. The summed E-state index contributed by atoms with van der Waals surface area (Å²) in [6, 6.07) is 9.90. The molecule has 1 N–H and O–H groups in total. The Morgan fingerprint density at radius 2 is 1.90 bits per heavy atom. The molecule has 0 saturated heterocycles. The fraction of sp³-hybridized carbons (Fsp3) is 0.188. The van der Waals surface area contributed by atoms with Gasteiger partial charge in [0.25, 0.3) is 0 Å². The van der Waals surface area contributed by atoms with Gasteiger partial charge in [-0.3, -0.25) is 0 Å². The SMILES string of the molecule is Cc1cc2c(cc1F)[nH]c(=S)n2CCc1ccccc1F. The topological polar surface area (TPSA) is 20.7 Å². The van der Waals surface area contributed by atoms with Crippen LogP contribution in [0.2, 0.25) is 0 Å². The molecule has 0 spiro atoms. The molecule has 21 heavy (non-hydrogen) atoms. The number of nitrogens with zero attached hydrogens (tertiary/aromatic N) is 1. The van der Waals surface area contributed by atoms with Crippen LogP contribution in [0.4, 0.5) is 8.78 Å². The van der Waals surface area contributed by atoms with Crippen molar-refractivity contribution in [3.63, 3.8) is 0 Å². The van der Waals surface area contributed by atoms with Crippen molar-refractivity contribution >= 4 is 23.3 Å². The van der Waals surface area contributed by atoms with Crippen LogP contribution in [0.1, 0.15) is 11.1 Å². The van der Waals surface area contributed by atoms with Crippen LogP contribution in [0.25, 0.3) is 11.0 Å². The molecule has 5 heteroatoms. The number of H-pyrrole nitrogens is 1. The van der Waals surface area contributed by atoms with E-state index >= 15 is 0 Å². The fourth-order valence-electron chi connectivity index (χ4n) is 2.44. The third kappa shape index (κ3) is 2.61. The second kappa shape index (κ2) is 5.41. The molecule has 0 unspecified atom stereocenters. The van der Waals surface area contributed by atoms with Crippen LogP contribution in [0.3, 0.4) is 0 Å². The Bertz CT molecular complexity index is 864. The fourth-order valence-corrected chi connectivity index (χ4v) is 2.74. The first-order chi connectivity index (χ1) is 10.1. The molecule has 0 saturated carbocycles. The summed E-state index contributed by atoms with van der Waals surface area (Å²) in [5, 5.41) is 0.